The fraction of sp³-hybridized carbons (Fsp3) is 0. The highest BCUT2D eigenvalue weighted by molar-refractivity contribution is 6.07. The van der Waals surface area contributed by atoms with Crippen LogP contribution in [-0.4, -0.2) is 4.98 Å². The Kier molecular flexibility index (Phi) is 2.28. The SMILES string of the molecule is c1ccc2cc3cc4cc5cnccc5cc4cc3cc2c1. The fourth-order valence-corrected chi connectivity index (χ4v) is 3.28. The van der Waals surface area contributed by atoms with E-state index in [2.05, 4.69) is 71.7 Å². The van der Waals surface area contributed by atoms with Crippen molar-refractivity contribution in [2.24, 2.45) is 0 Å². The Morgan fingerprint density at radius 1 is 0.455 bits per heavy atom. The van der Waals surface area contributed by atoms with Crippen molar-refractivity contribution in [3.05, 3.63) is 79.1 Å². The summed E-state index contributed by atoms with van der Waals surface area (Å²) < 4.78 is 0. The molecule has 0 saturated carbocycles. The lowest BCUT2D eigenvalue weighted by Gasteiger charge is -2.06. The molecule has 0 radical (unpaired) electrons. The molecule has 5 aromatic rings. The molecule has 0 spiro atoms. The molecule has 0 aliphatic heterocycles. The number of benzene rings is 4. The van der Waals surface area contributed by atoms with E-state index in [-0.39, 0.29) is 0 Å². The molecule has 0 N–H and O–H groups in total. The molecule has 5 rings (SSSR count). The van der Waals surface area contributed by atoms with Crippen LogP contribution in [0.3, 0.4) is 0 Å². The third kappa shape index (κ3) is 1.69. The van der Waals surface area contributed by atoms with Gasteiger partial charge < -0.3 is 0 Å². The molecule has 0 amide bonds. The van der Waals surface area contributed by atoms with E-state index in [4.69, 9.17) is 0 Å². The number of hydrogen-bond acceptors (Lipinski definition) is 1. The molecule has 1 heterocycles. The predicted octanol–water partition coefficient (Wildman–Crippen LogP) is 5.69. The van der Waals surface area contributed by atoms with Crippen molar-refractivity contribution in [1.29, 1.82) is 0 Å². The lowest BCUT2D eigenvalue weighted by atomic mass is 9.98. The minimum Gasteiger partial charge on any atom is -0.264 e. The Hall–Kier alpha value is -2.93. The quantitative estimate of drug-likeness (QED) is 0.332. The van der Waals surface area contributed by atoms with Crippen LogP contribution in [0.15, 0.2) is 79.1 Å². The number of rotatable bonds is 0. The number of hydrogen-bond donors (Lipinski definition) is 0. The van der Waals surface area contributed by atoms with Crippen LogP contribution >= 0.6 is 0 Å². The summed E-state index contributed by atoms with van der Waals surface area (Å²) >= 11 is 0. The molecule has 0 saturated heterocycles. The molecule has 22 heavy (non-hydrogen) atoms. The van der Waals surface area contributed by atoms with Crippen molar-refractivity contribution in [3.8, 4) is 0 Å². The predicted molar refractivity (Wildman–Crippen MR) is 94.3 cm³/mol. The molecule has 0 bridgehead atoms. The van der Waals surface area contributed by atoms with Gasteiger partial charge in [-0.25, -0.2) is 0 Å². The molecule has 0 aliphatic rings. The second-order valence-corrected chi connectivity index (χ2v) is 5.82. The minimum atomic E-state index is 1.19. The van der Waals surface area contributed by atoms with Gasteiger partial charge in [0.05, 0.1) is 0 Å². The first kappa shape index (κ1) is 11.7. The Balaban J connectivity index is 1.93. The van der Waals surface area contributed by atoms with Gasteiger partial charge in [0.25, 0.3) is 0 Å². The molecule has 0 atom stereocenters. The highest BCUT2D eigenvalue weighted by Gasteiger charge is 2.03. The fourth-order valence-electron chi connectivity index (χ4n) is 3.28. The van der Waals surface area contributed by atoms with Gasteiger partial charge in [0, 0.05) is 17.8 Å². The van der Waals surface area contributed by atoms with Gasteiger partial charge in [0.2, 0.25) is 0 Å². The zero-order chi connectivity index (χ0) is 14.5. The van der Waals surface area contributed by atoms with Crippen molar-refractivity contribution in [1.82, 2.24) is 4.98 Å². The Bertz CT molecular complexity index is 988. The lowest BCUT2D eigenvalue weighted by Crippen LogP contribution is -1.81. The van der Waals surface area contributed by atoms with Gasteiger partial charge in [0.1, 0.15) is 0 Å². The van der Waals surface area contributed by atoms with E-state index in [0.29, 0.717) is 0 Å². The summed E-state index contributed by atoms with van der Waals surface area (Å²) in [6.07, 6.45) is 3.78. The first-order chi connectivity index (χ1) is 10.9. The third-order valence-corrected chi connectivity index (χ3v) is 4.42. The summed E-state index contributed by atoms with van der Waals surface area (Å²) in [4.78, 5) is 4.22. The minimum absolute atomic E-state index is 1.19. The largest absolute Gasteiger partial charge is 0.264 e. The summed E-state index contributed by atoms with van der Waals surface area (Å²) in [5.41, 5.74) is 0. The maximum Gasteiger partial charge on any atom is 0.0346 e. The summed E-state index contributed by atoms with van der Waals surface area (Å²) in [5.74, 6) is 0. The average molecular weight is 279 g/mol. The van der Waals surface area contributed by atoms with E-state index >= 15 is 0 Å². The van der Waals surface area contributed by atoms with Crippen LogP contribution in [-0.2, 0) is 0 Å². The molecule has 0 aliphatic carbocycles. The van der Waals surface area contributed by atoms with E-state index in [1.165, 1.54) is 43.1 Å². The zero-order valence-electron chi connectivity index (χ0n) is 12.0. The Morgan fingerprint density at radius 2 is 0.909 bits per heavy atom. The standard InChI is InChI=1S/C21H13N/c1-2-4-15-8-18-11-20-12-21-13-22-6-5-16(21)9-19(20)10-17(18)7-14(15)3-1/h1-13H. The summed E-state index contributed by atoms with van der Waals surface area (Å²) in [7, 11) is 0. The zero-order valence-corrected chi connectivity index (χ0v) is 12.0. The smallest absolute Gasteiger partial charge is 0.0346 e. The highest BCUT2D eigenvalue weighted by atomic mass is 14.6. The molecule has 4 aromatic carbocycles. The second kappa shape index (κ2) is 4.28. The van der Waals surface area contributed by atoms with Crippen molar-refractivity contribution in [2.75, 3.05) is 0 Å². The third-order valence-electron chi connectivity index (χ3n) is 4.42. The average Bonchev–Trinajstić information content (AvgIpc) is 2.56. The summed E-state index contributed by atoms with van der Waals surface area (Å²) in [5, 5.41) is 10.1. The maximum absolute atomic E-state index is 4.22. The monoisotopic (exact) mass is 279 g/mol. The first-order valence-electron chi connectivity index (χ1n) is 7.47. The summed E-state index contributed by atoms with van der Waals surface area (Å²) in [6, 6.07) is 24.2. The Labute approximate surface area is 127 Å². The van der Waals surface area contributed by atoms with Crippen LogP contribution in [0.4, 0.5) is 0 Å². The van der Waals surface area contributed by atoms with Gasteiger partial charge in [-0.15, -0.1) is 0 Å². The van der Waals surface area contributed by atoms with Gasteiger partial charge >= 0.3 is 0 Å². The van der Waals surface area contributed by atoms with Crippen molar-refractivity contribution in [3.63, 3.8) is 0 Å². The first-order valence-corrected chi connectivity index (χ1v) is 7.47. The van der Waals surface area contributed by atoms with Gasteiger partial charge in [-0.1, -0.05) is 24.3 Å². The van der Waals surface area contributed by atoms with E-state index in [1.807, 2.05) is 12.4 Å². The normalized spacial score (nSPS) is 11.6. The van der Waals surface area contributed by atoms with E-state index < -0.39 is 0 Å². The van der Waals surface area contributed by atoms with Crippen molar-refractivity contribution in [2.45, 2.75) is 0 Å². The number of pyridine rings is 1. The molecular formula is C21H13N. The van der Waals surface area contributed by atoms with Crippen LogP contribution in [0.2, 0.25) is 0 Å². The molecule has 1 heteroatoms. The van der Waals surface area contributed by atoms with E-state index in [1.54, 1.807) is 0 Å². The van der Waals surface area contributed by atoms with Crippen LogP contribution in [0, 0.1) is 0 Å². The molecule has 1 aromatic heterocycles. The van der Waals surface area contributed by atoms with Crippen LogP contribution in [0.5, 0.6) is 0 Å². The maximum atomic E-state index is 4.22. The molecule has 102 valence electrons. The molecule has 1 nitrogen and oxygen atoms in total. The van der Waals surface area contributed by atoms with Crippen LogP contribution in [0.1, 0.15) is 0 Å². The number of fused-ring (bicyclic) bond motifs is 4. The number of aromatic nitrogens is 1. The highest BCUT2D eigenvalue weighted by Crippen LogP contribution is 2.29. The van der Waals surface area contributed by atoms with Gasteiger partial charge in [0.15, 0.2) is 0 Å². The van der Waals surface area contributed by atoms with Gasteiger partial charge in [-0.05, 0) is 80.2 Å². The molecule has 0 fully saturated rings. The second-order valence-electron chi connectivity index (χ2n) is 5.82. The molecule has 0 unspecified atom stereocenters. The van der Waals surface area contributed by atoms with Crippen molar-refractivity contribution >= 4 is 43.1 Å². The van der Waals surface area contributed by atoms with Crippen LogP contribution < -0.4 is 0 Å². The van der Waals surface area contributed by atoms with E-state index in [9.17, 15) is 0 Å². The topological polar surface area (TPSA) is 12.9 Å². The van der Waals surface area contributed by atoms with Gasteiger partial charge in [-0.2, -0.15) is 0 Å². The lowest BCUT2D eigenvalue weighted by molar-refractivity contribution is 1.37. The van der Waals surface area contributed by atoms with E-state index in [0.717, 1.165) is 0 Å². The number of nitrogens with zero attached hydrogens (tertiary/aromatic N) is 1. The van der Waals surface area contributed by atoms with Crippen molar-refractivity contribution < 1.29 is 0 Å². The van der Waals surface area contributed by atoms with Crippen LogP contribution in [0.25, 0.3) is 43.1 Å². The summed E-state index contributed by atoms with van der Waals surface area (Å²) in [6.45, 7) is 0. The Morgan fingerprint density at radius 3 is 1.50 bits per heavy atom. The molecular weight excluding hydrogens is 266 g/mol. The van der Waals surface area contributed by atoms with Gasteiger partial charge in [-0.3, -0.25) is 4.98 Å².